The molecule has 1 N–H and O–H groups in total. The lowest BCUT2D eigenvalue weighted by Gasteiger charge is -1.97. The minimum Gasteiger partial charge on any atom is -0.348 e. The number of aromatic nitrogens is 2. The van der Waals surface area contributed by atoms with E-state index in [9.17, 15) is 0 Å². The molecule has 1 heterocycles. The maximum Gasteiger partial charge on any atom is 0.0929 e. The smallest absolute Gasteiger partial charge is 0.0929 e. The Labute approximate surface area is 81.6 Å². The summed E-state index contributed by atoms with van der Waals surface area (Å²) in [6, 6.07) is 7.66. The van der Waals surface area contributed by atoms with Crippen LogP contribution < -0.4 is 0 Å². The van der Waals surface area contributed by atoms with E-state index in [0.29, 0.717) is 0 Å². The normalized spacial score (nSPS) is 10.3. The first-order chi connectivity index (χ1) is 6.27. The summed E-state index contributed by atoms with van der Waals surface area (Å²) in [6.07, 6.45) is 1.69. The van der Waals surface area contributed by atoms with E-state index in [0.717, 1.165) is 22.0 Å². The van der Waals surface area contributed by atoms with Crippen molar-refractivity contribution in [2.45, 2.75) is 6.92 Å². The van der Waals surface area contributed by atoms with Crippen molar-refractivity contribution < 1.29 is 0 Å². The lowest BCUT2D eigenvalue weighted by molar-refractivity contribution is 1.25. The fourth-order valence-corrected chi connectivity index (χ4v) is 1.38. The summed E-state index contributed by atoms with van der Waals surface area (Å²) in [6.45, 7) is 2.00. The zero-order valence-electron chi connectivity index (χ0n) is 7.21. The molecule has 2 rings (SSSR count). The molecule has 0 saturated carbocycles. The van der Waals surface area contributed by atoms with Gasteiger partial charge in [0.1, 0.15) is 0 Å². The van der Waals surface area contributed by atoms with Gasteiger partial charge in [-0.1, -0.05) is 23.7 Å². The predicted octanol–water partition coefficient (Wildman–Crippen LogP) is 3.04. The van der Waals surface area contributed by atoms with Crippen molar-refractivity contribution in [1.29, 1.82) is 0 Å². The highest BCUT2D eigenvalue weighted by Crippen LogP contribution is 2.21. The van der Waals surface area contributed by atoms with Crippen molar-refractivity contribution in [2.24, 2.45) is 0 Å². The third-order valence-electron chi connectivity index (χ3n) is 1.95. The molecule has 0 bridgehead atoms. The molecule has 13 heavy (non-hydrogen) atoms. The van der Waals surface area contributed by atoms with E-state index in [1.54, 1.807) is 6.33 Å². The summed E-state index contributed by atoms with van der Waals surface area (Å²) in [7, 11) is 0. The van der Waals surface area contributed by atoms with Crippen LogP contribution in [0, 0.1) is 6.92 Å². The van der Waals surface area contributed by atoms with Gasteiger partial charge >= 0.3 is 0 Å². The number of hydrogen-bond acceptors (Lipinski definition) is 1. The van der Waals surface area contributed by atoms with E-state index in [1.807, 2.05) is 31.2 Å². The Morgan fingerprint density at radius 1 is 1.23 bits per heavy atom. The molecule has 3 heteroatoms. The highest BCUT2D eigenvalue weighted by atomic mass is 35.5. The standard InChI is InChI=1S/C10H9ClN2/c1-7-10(13-6-12-7)8-2-4-9(11)5-3-8/h2-6H,1H3,(H,12,13). The molecule has 0 spiro atoms. The molecule has 66 valence electrons. The summed E-state index contributed by atoms with van der Waals surface area (Å²) < 4.78 is 0. The molecule has 0 unspecified atom stereocenters. The minimum atomic E-state index is 0.747. The Bertz CT molecular complexity index is 403. The van der Waals surface area contributed by atoms with E-state index in [4.69, 9.17) is 11.6 Å². The van der Waals surface area contributed by atoms with Crippen molar-refractivity contribution in [3.63, 3.8) is 0 Å². The van der Waals surface area contributed by atoms with Gasteiger partial charge in [-0.15, -0.1) is 0 Å². The van der Waals surface area contributed by atoms with Crippen LogP contribution >= 0.6 is 11.6 Å². The molecular weight excluding hydrogens is 184 g/mol. The topological polar surface area (TPSA) is 28.7 Å². The van der Waals surface area contributed by atoms with E-state index >= 15 is 0 Å². The number of benzene rings is 1. The number of aromatic amines is 1. The van der Waals surface area contributed by atoms with Crippen molar-refractivity contribution in [2.75, 3.05) is 0 Å². The Hall–Kier alpha value is -1.28. The largest absolute Gasteiger partial charge is 0.348 e. The third-order valence-corrected chi connectivity index (χ3v) is 2.20. The summed E-state index contributed by atoms with van der Waals surface area (Å²) in [5.41, 5.74) is 3.14. The number of nitrogens with one attached hydrogen (secondary N) is 1. The number of nitrogens with zero attached hydrogens (tertiary/aromatic N) is 1. The van der Waals surface area contributed by atoms with Crippen LogP contribution in [0.3, 0.4) is 0 Å². The zero-order valence-corrected chi connectivity index (χ0v) is 7.97. The Balaban J connectivity index is 2.47. The molecule has 2 aromatic rings. The second-order valence-corrected chi connectivity index (χ2v) is 3.32. The van der Waals surface area contributed by atoms with Gasteiger partial charge in [0, 0.05) is 16.3 Å². The SMILES string of the molecule is Cc1[nH]cnc1-c1ccc(Cl)cc1. The molecule has 0 atom stereocenters. The Kier molecular flexibility index (Phi) is 2.07. The molecule has 0 radical (unpaired) electrons. The maximum atomic E-state index is 5.78. The number of aryl methyl sites for hydroxylation is 1. The van der Waals surface area contributed by atoms with Crippen molar-refractivity contribution >= 4 is 11.6 Å². The lowest BCUT2D eigenvalue weighted by atomic mass is 10.1. The average molecular weight is 193 g/mol. The number of hydrogen-bond donors (Lipinski definition) is 1. The predicted molar refractivity (Wildman–Crippen MR) is 53.8 cm³/mol. The van der Waals surface area contributed by atoms with Crippen LogP contribution in [0.2, 0.25) is 5.02 Å². The van der Waals surface area contributed by atoms with E-state index in [1.165, 1.54) is 0 Å². The van der Waals surface area contributed by atoms with Crippen LogP contribution in [-0.2, 0) is 0 Å². The van der Waals surface area contributed by atoms with Gasteiger partial charge in [0.05, 0.1) is 12.0 Å². The van der Waals surface area contributed by atoms with Gasteiger partial charge in [-0.3, -0.25) is 0 Å². The van der Waals surface area contributed by atoms with Crippen LogP contribution in [0.5, 0.6) is 0 Å². The first-order valence-corrected chi connectivity index (χ1v) is 4.41. The van der Waals surface area contributed by atoms with Crippen molar-refractivity contribution in [3.05, 3.63) is 41.3 Å². The van der Waals surface area contributed by atoms with Crippen molar-refractivity contribution in [3.8, 4) is 11.3 Å². The van der Waals surface area contributed by atoms with Crippen LogP contribution in [-0.4, -0.2) is 9.97 Å². The fraction of sp³-hybridized carbons (Fsp3) is 0.100. The molecule has 1 aromatic heterocycles. The van der Waals surface area contributed by atoms with Gasteiger partial charge in [0.25, 0.3) is 0 Å². The quantitative estimate of drug-likeness (QED) is 0.739. The molecule has 0 fully saturated rings. The number of rotatable bonds is 1. The summed E-state index contributed by atoms with van der Waals surface area (Å²) in [5.74, 6) is 0. The molecule has 0 aliphatic rings. The number of halogens is 1. The first kappa shape index (κ1) is 8.32. The molecule has 0 aliphatic carbocycles. The molecule has 2 nitrogen and oxygen atoms in total. The van der Waals surface area contributed by atoms with Gasteiger partial charge in [-0.25, -0.2) is 4.98 Å². The molecule has 1 aromatic carbocycles. The van der Waals surface area contributed by atoms with Crippen LogP contribution in [0.4, 0.5) is 0 Å². The minimum absolute atomic E-state index is 0.747. The van der Waals surface area contributed by atoms with Gasteiger partial charge in [-0.2, -0.15) is 0 Å². The lowest BCUT2D eigenvalue weighted by Crippen LogP contribution is -1.80. The highest BCUT2D eigenvalue weighted by molar-refractivity contribution is 6.30. The Morgan fingerprint density at radius 3 is 2.46 bits per heavy atom. The summed E-state index contributed by atoms with van der Waals surface area (Å²) >= 11 is 5.78. The first-order valence-electron chi connectivity index (χ1n) is 4.03. The average Bonchev–Trinajstić information content (AvgIpc) is 2.53. The van der Waals surface area contributed by atoms with Crippen LogP contribution in [0.15, 0.2) is 30.6 Å². The highest BCUT2D eigenvalue weighted by Gasteiger charge is 2.02. The summed E-state index contributed by atoms with van der Waals surface area (Å²) in [4.78, 5) is 7.25. The van der Waals surface area contributed by atoms with Gasteiger partial charge in [0.15, 0.2) is 0 Å². The molecular formula is C10H9ClN2. The Morgan fingerprint density at radius 2 is 1.92 bits per heavy atom. The third kappa shape index (κ3) is 1.58. The number of H-pyrrole nitrogens is 1. The van der Waals surface area contributed by atoms with Crippen LogP contribution in [0.1, 0.15) is 5.69 Å². The van der Waals surface area contributed by atoms with E-state index in [-0.39, 0.29) is 0 Å². The van der Waals surface area contributed by atoms with E-state index < -0.39 is 0 Å². The van der Waals surface area contributed by atoms with Gasteiger partial charge < -0.3 is 4.98 Å². The number of imidazole rings is 1. The fourth-order valence-electron chi connectivity index (χ4n) is 1.26. The molecule has 0 saturated heterocycles. The van der Waals surface area contributed by atoms with Crippen molar-refractivity contribution in [1.82, 2.24) is 9.97 Å². The van der Waals surface area contributed by atoms with Gasteiger partial charge in [-0.05, 0) is 19.1 Å². The zero-order chi connectivity index (χ0) is 9.26. The summed E-state index contributed by atoms with van der Waals surface area (Å²) in [5, 5.41) is 0.747. The second-order valence-electron chi connectivity index (χ2n) is 2.88. The maximum absolute atomic E-state index is 5.78. The molecule has 0 aliphatic heterocycles. The molecule has 0 amide bonds. The monoisotopic (exact) mass is 192 g/mol. The second kappa shape index (κ2) is 3.23. The van der Waals surface area contributed by atoms with Gasteiger partial charge in [0.2, 0.25) is 0 Å². The van der Waals surface area contributed by atoms with Crippen LogP contribution in [0.25, 0.3) is 11.3 Å². The van der Waals surface area contributed by atoms with E-state index in [2.05, 4.69) is 9.97 Å².